The largest absolute Gasteiger partial charge is 0.392 e. The number of amides is 2. The minimum atomic E-state index is -0.487. The van der Waals surface area contributed by atoms with Crippen molar-refractivity contribution >= 4 is 11.7 Å². The number of carbonyl (C=O) groups excluding carboxylic acids is 1. The van der Waals surface area contributed by atoms with Crippen LogP contribution in [0.3, 0.4) is 0 Å². The van der Waals surface area contributed by atoms with Gasteiger partial charge in [0.15, 0.2) is 0 Å². The third kappa shape index (κ3) is 1.78. The van der Waals surface area contributed by atoms with Crippen LogP contribution in [0.1, 0.15) is 5.56 Å². The summed E-state index contributed by atoms with van der Waals surface area (Å²) in [5, 5.41) is 11.4. The lowest BCUT2D eigenvalue weighted by Gasteiger charge is -2.15. The Morgan fingerprint density at radius 1 is 1.53 bits per heavy atom. The minimum absolute atomic E-state index is 0.205. The van der Waals surface area contributed by atoms with Crippen molar-refractivity contribution in [3.05, 3.63) is 29.6 Å². The normalized spacial score (nSPS) is 15.6. The molecule has 2 amide bonds. The monoisotopic (exact) mass is 210 g/mol. The molecule has 0 unspecified atom stereocenters. The maximum Gasteiger partial charge on any atom is 0.322 e. The summed E-state index contributed by atoms with van der Waals surface area (Å²) in [6, 6.07) is 4.06. The van der Waals surface area contributed by atoms with Crippen molar-refractivity contribution in [1.29, 1.82) is 0 Å². The van der Waals surface area contributed by atoms with E-state index in [2.05, 4.69) is 5.32 Å². The van der Waals surface area contributed by atoms with E-state index in [4.69, 9.17) is 5.11 Å². The van der Waals surface area contributed by atoms with Gasteiger partial charge in [0.25, 0.3) is 0 Å². The van der Waals surface area contributed by atoms with E-state index in [0.29, 0.717) is 18.7 Å². The van der Waals surface area contributed by atoms with Crippen LogP contribution in [0.4, 0.5) is 14.9 Å². The van der Waals surface area contributed by atoms with Gasteiger partial charge in [-0.2, -0.15) is 0 Å². The zero-order valence-corrected chi connectivity index (χ0v) is 8.03. The lowest BCUT2D eigenvalue weighted by molar-refractivity contribution is 0.252. The molecular weight excluding hydrogens is 199 g/mol. The van der Waals surface area contributed by atoms with Gasteiger partial charge in [-0.15, -0.1) is 0 Å². The standard InChI is InChI=1S/C10H11FN2O2/c11-8-5-7(6-14)1-2-9(8)13-4-3-12-10(13)15/h1-2,5,14H,3-4,6H2,(H,12,15). The van der Waals surface area contributed by atoms with Gasteiger partial charge in [0.1, 0.15) is 5.82 Å². The van der Waals surface area contributed by atoms with Crippen molar-refractivity contribution in [2.45, 2.75) is 6.61 Å². The lowest BCUT2D eigenvalue weighted by Crippen LogP contribution is -2.28. The maximum atomic E-state index is 13.5. The molecule has 0 bridgehead atoms. The van der Waals surface area contributed by atoms with Crippen molar-refractivity contribution in [2.24, 2.45) is 0 Å². The Kier molecular flexibility index (Phi) is 2.55. The Bertz CT molecular complexity index is 395. The highest BCUT2D eigenvalue weighted by molar-refractivity contribution is 5.94. The highest BCUT2D eigenvalue weighted by Gasteiger charge is 2.23. The van der Waals surface area contributed by atoms with E-state index >= 15 is 0 Å². The molecule has 0 radical (unpaired) electrons. The second-order valence-corrected chi connectivity index (χ2v) is 3.33. The van der Waals surface area contributed by atoms with Gasteiger partial charge in [-0.1, -0.05) is 6.07 Å². The van der Waals surface area contributed by atoms with Crippen LogP contribution >= 0.6 is 0 Å². The number of aliphatic hydroxyl groups excluding tert-OH is 1. The van der Waals surface area contributed by atoms with Gasteiger partial charge in [-0.05, 0) is 17.7 Å². The van der Waals surface area contributed by atoms with E-state index in [1.165, 1.54) is 17.0 Å². The van der Waals surface area contributed by atoms with Crippen molar-refractivity contribution in [3.8, 4) is 0 Å². The van der Waals surface area contributed by atoms with Gasteiger partial charge < -0.3 is 10.4 Å². The number of anilines is 1. The molecule has 1 saturated heterocycles. The first-order valence-electron chi connectivity index (χ1n) is 4.67. The SMILES string of the molecule is O=C1NCCN1c1ccc(CO)cc1F. The summed E-state index contributed by atoms with van der Waals surface area (Å²) >= 11 is 0. The fraction of sp³-hybridized carbons (Fsp3) is 0.300. The molecular formula is C10H11FN2O2. The molecule has 1 fully saturated rings. The Morgan fingerprint density at radius 2 is 2.33 bits per heavy atom. The van der Waals surface area contributed by atoms with Crippen LogP contribution in [0.5, 0.6) is 0 Å². The molecule has 1 aromatic rings. The molecule has 0 atom stereocenters. The number of benzene rings is 1. The molecule has 1 heterocycles. The number of nitrogens with one attached hydrogen (secondary N) is 1. The number of aliphatic hydroxyl groups is 1. The Labute approximate surface area is 86.3 Å². The first-order chi connectivity index (χ1) is 7.22. The van der Waals surface area contributed by atoms with E-state index in [1.54, 1.807) is 6.07 Å². The summed E-state index contributed by atoms with van der Waals surface area (Å²) in [7, 11) is 0. The first-order valence-corrected chi connectivity index (χ1v) is 4.67. The van der Waals surface area contributed by atoms with E-state index in [1.807, 2.05) is 0 Å². The van der Waals surface area contributed by atoms with Gasteiger partial charge in [-0.3, -0.25) is 4.90 Å². The molecule has 1 aliphatic heterocycles. The summed E-state index contributed by atoms with van der Waals surface area (Å²) in [4.78, 5) is 12.6. The molecule has 1 aliphatic rings. The third-order valence-electron chi connectivity index (χ3n) is 2.34. The third-order valence-corrected chi connectivity index (χ3v) is 2.34. The van der Waals surface area contributed by atoms with Crippen molar-refractivity contribution < 1.29 is 14.3 Å². The molecule has 0 aliphatic carbocycles. The van der Waals surface area contributed by atoms with E-state index < -0.39 is 5.82 Å². The molecule has 80 valence electrons. The highest BCUT2D eigenvalue weighted by atomic mass is 19.1. The van der Waals surface area contributed by atoms with Gasteiger partial charge in [0.05, 0.1) is 12.3 Å². The Balaban J connectivity index is 2.32. The number of rotatable bonds is 2. The summed E-state index contributed by atoms with van der Waals surface area (Å²) in [5.41, 5.74) is 0.748. The average molecular weight is 210 g/mol. The van der Waals surface area contributed by atoms with Crippen LogP contribution in [0.15, 0.2) is 18.2 Å². The number of carbonyl (C=O) groups is 1. The molecule has 4 nitrogen and oxygen atoms in total. The van der Waals surface area contributed by atoms with E-state index in [9.17, 15) is 9.18 Å². The summed E-state index contributed by atoms with van der Waals surface area (Å²) in [5.74, 6) is -0.487. The fourth-order valence-electron chi connectivity index (χ4n) is 1.57. The van der Waals surface area contributed by atoms with Crippen molar-refractivity contribution in [1.82, 2.24) is 5.32 Å². The molecule has 5 heteroatoms. The quantitative estimate of drug-likeness (QED) is 0.760. The fourth-order valence-corrected chi connectivity index (χ4v) is 1.57. The van der Waals surface area contributed by atoms with Crippen LogP contribution in [0.25, 0.3) is 0 Å². The van der Waals surface area contributed by atoms with E-state index in [-0.39, 0.29) is 18.3 Å². The van der Waals surface area contributed by atoms with Crippen LogP contribution in [0.2, 0.25) is 0 Å². The maximum absolute atomic E-state index is 13.5. The number of urea groups is 1. The number of halogens is 1. The molecule has 0 saturated carbocycles. The van der Waals surface area contributed by atoms with Crippen molar-refractivity contribution in [2.75, 3.05) is 18.0 Å². The molecule has 1 aromatic carbocycles. The molecule has 2 N–H and O–H groups in total. The van der Waals surface area contributed by atoms with Crippen molar-refractivity contribution in [3.63, 3.8) is 0 Å². The van der Waals surface area contributed by atoms with Crippen LogP contribution in [0, 0.1) is 5.82 Å². The predicted molar refractivity (Wildman–Crippen MR) is 53.1 cm³/mol. The smallest absolute Gasteiger partial charge is 0.322 e. The summed E-state index contributed by atoms with van der Waals surface area (Å²) in [6.07, 6.45) is 0. The summed E-state index contributed by atoms with van der Waals surface area (Å²) in [6.45, 7) is 0.789. The van der Waals surface area contributed by atoms with Gasteiger partial charge in [0.2, 0.25) is 0 Å². The second-order valence-electron chi connectivity index (χ2n) is 3.33. The number of hydrogen-bond donors (Lipinski definition) is 2. The van der Waals surface area contributed by atoms with E-state index in [0.717, 1.165) is 0 Å². The molecule has 0 aromatic heterocycles. The van der Waals surface area contributed by atoms with Gasteiger partial charge >= 0.3 is 6.03 Å². The minimum Gasteiger partial charge on any atom is -0.392 e. The highest BCUT2D eigenvalue weighted by Crippen LogP contribution is 2.21. The van der Waals surface area contributed by atoms with Crippen LogP contribution in [-0.2, 0) is 6.61 Å². The average Bonchev–Trinajstić information content (AvgIpc) is 2.64. The number of hydrogen-bond acceptors (Lipinski definition) is 2. The topological polar surface area (TPSA) is 52.6 Å². The molecule has 0 spiro atoms. The van der Waals surface area contributed by atoms with Gasteiger partial charge in [-0.25, -0.2) is 9.18 Å². The number of nitrogens with zero attached hydrogens (tertiary/aromatic N) is 1. The summed E-state index contributed by atoms with van der Waals surface area (Å²) < 4.78 is 13.5. The van der Waals surface area contributed by atoms with Crippen LogP contribution < -0.4 is 10.2 Å². The van der Waals surface area contributed by atoms with Crippen LogP contribution in [-0.4, -0.2) is 24.2 Å². The Hall–Kier alpha value is -1.62. The lowest BCUT2D eigenvalue weighted by atomic mass is 10.2. The first kappa shape index (κ1) is 9.92. The zero-order chi connectivity index (χ0) is 10.8. The second kappa shape index (κ2) is 3.86. The Morgan fingerprint density at radius 3 is 2.87 bits per heavy atom. The predicted octanol–water partition coefficient (Wildman–Crippen LogP) is 0.848. The molecule has 2 rings (SSSR count). The van der Waals surface area contributed by atoms with Gasteiger partial charge in [0, 0.05) is 13.1 Å². The zero-order valence-electron chi connectivity index (χ0n) is 8.03. The molecule has 15 heavy (non-hydrogen) atoms.